The van der Waals surface area contributed by atoms with Crippen molar-refractivity contribution in [1.82, 2.24) is 31.9 Å². The fourth-order valence-corrected chi connectivity index (χ4v) is 11.8. The van der Waals surface area contributed by atoms with Crippen LogP contribution < -0.4 is 31.9 Å². The van der Waals surface area contributed by atoms with Crippen LogP contribution in [0.1, 0.15) is 126 Å². The van der Waals surface area contributed by atoms with Crippen molar-refractivity contribution in [3.63, 3.8) is 0 Å². The molecule has 0 aliphatic carbocycles. The maximum atomic E-state index is 13.8. The number of carboxylic acids is 4. The first-order chi connectivity index (χ1) is 35.9. The van der Waals surface area contributed by atoms with Crippen molar-refractivity contribution >= 4 is 105 Å². The fraction of sp³-hybridized carbons (Fsp3) is 0.500. The molecule has 0 saturated heterocycles. The summed E-state index contributed by atoms with van der Waals surface area (Å²) in [5.74, 6) is -10.7. The number of nitrogens with one attached hydrogen (secondary N) is 6. The summed E-state index contributed by atoms with van der Waals surface area (Å²) in [6, 6.07) is 7.41. The van der Waals surface area contributed by atoms with Gasteiger partial charge in [0.1, 0.15) is 36.3 Å². The molecule has 76 heavy (non-hydrogen) atoms. The van der Waals surface area contributed by atoms with Gasteiger partial charge in [-0.05, 0) is 85.0 Å². The Hall–Kier alpha value is -6.50. The summed E-state index contributed by atoms with van der Waals surface area (Å²) in [6.45, 7) is 14.3. The molecule has 4 rings (SSSR count). The highest BCUT2D eigenvalue weighted by atomic mass is 32.1. The van der Waals surface area contributed by atoms with Gasteiger partial charge in [-0.25, -0.2) is 9.59 Å². The molecule has 6 unspecified atom stereocenters. The predicted molar refractivity (Wildman–Crippen MR) is 291 cm³/mol. The van der Waals surface area contributed by atoms with Crippen LogP contribution >= 0.6 is 45.3 Å². The molecular formula is C52H68N6O14S4. The smallest absolute Gasteiger partial charge is 0.326 e. The van der Waals surface area contributed by atoms with Crippen LogP contribution in [0.25, 0.3) is 29.3 Å². The Morgan fingerprint density at radius 1 is 0.382 bits per heavy atom. The molecule has 10 atom stereocenters. The van der Waals surface area contributed by atoms with Crippen molar-refractivity contribution in [3.05, 3.63) is 58.3 Å². The van der Waals surface area contributed by atoms with Crippen molar-refractivity contribution < 1.29 is 68.4 Å². The highest BCUT2D eigenvalue weighted by molar-refractivity contribution is 7.29. The summed E-state index contributed by atoms with van der Waals surface area (Å²) in [5, 5.41) is 53.2. The molecule has 0 aromatic carbocycles. The van der Waals surface area contributed by atoms with Crippen LogP contribution in [-0.2, 0) is 38.4 Å². The van der Waals surface area contributed by atoms with Crippen molar-refractivity contribution in [2.24, 2.45) is 23.7 Å². The first-order valence-electron chi connectivity index (χ1n) is 25.1. The number of rotatable bonds is 31. The van der Waals surface area contributed by atoms with Gasteiger partial charge >= 0.3 is 23.9 Å². The normalized spacial score (nSPS) is 15.2. The number of carbonyl (C=O) groups excluding carboxylic acids is 6. The molecule has 0 saturated carbocycles. The molecule has 0 spiro atoms. The zero-order valence-corrected chi connectivity index (χ0v) is 46.8. The van der Waals surface area contributed by atoms with Crippen molar-refractivity contribution in [2.45, 2.75) is 143 Å². The average Bonchev–Trinajstić information content (AvgIpc) is 4.24. The molecule has 6 amide bonds. The van der Waals surface area contributed by atoms with E-state index in [0.717, 1.165) is 29.3 Å². The Balaban J connectivity index is 1.44. The first kappa shape index (κ1) is 62.0. The zero-order chi connectivity index (χ0) is 56.6. The minimum atomic E-state index is -1.48. The second-order valence-corrected chi connectivity index (χ2v) is 23.1. The monoisotopic (exact) mass is 1130 g/mol. The maximum Gasteiger partial charge on any atom is 0.326 e. The Morgan fingerprint density at radius 3 is 0.895 bits per heavy atom. The van der Waals surface area contributed by atoms with Crippen LogP contribution in [0, 0.1) is 23.7 Å². The van der Waals surface area contributed by atoms with E-state index in [2.05, 4.69) is 31.9 Å². The second kappa shape index (κ2) is 29.1. The number of hydrogen-bond donors (Lipinski definition) is 10. The van der Waals surface area contributed by atoms with Crippen LogP contribution in [0.5, 0.6) is 0 Å². The summed E-state index contributed by atoms with van der Waals surface area (Å²) >= 11 is 5.51. The minimum Gasteiger partial charge on any atom is -0.481 e. The average molecular weight is 1130 g/mol. The van der Waals surface area contributed by atoms with Crippen molar-refractivity contribution in [2.75, 3.05) is 0 Å². The highest BCUT2D eigenvalue weighted by Crippen LogP contribution is 2.43. The molecular weight excluding hydrogens is 1060 g/mol. The molecule has 4 aromatic heterocycles. The summed E-state index contributed by atoms with van der Waals surface area (Å²) in [4.78, 5) is 134. The third-order valence-corrected chi connectivity index (χ3v) is 18.2. The van der Waals surface area contributed by atoms with E-state index in [0.29, 0.717) is 35.4 Å². The summed E-state index contributed by atoms with van der Waals surface area (Å²) in [6.07, 6.45) is 0.220. The van der Waals surface area contributed by atoms with Crippen LogP contribution in [0.15, 0.2) is 48.5 Å². The van der Waals surface area contributed by atoms with Gasteiger partial charge in [0.2, 0.25) is 23.6 Å². The Bertz CT molecular complexity index is 2530. The van der Waals surface area contributed by atoms with Crippen LogP contribution in [0.2, 0.25) is 0 Å². The lowest BCUT2D eigenvalue weighted by Gasteiger charge is -2.29. The van der Waals surface area contributed by atoms with Gasteiger partial charge < -0.3 is 52.3 Å². The standard InChI is InChI=1S/C52H68N6O14S4/c1-9-25(5)41(47(65)53-29(51(69)70)13-23-39(59)60)57-49(67)43(27(7)11-3)55-45(63)37-21-19-35(75-37)33-17-15-31(73-33)32-16-18-34(74-32)36-20-22-38(76-36)46(64)56-44(28(8)12-4)50(68)58-42(26(6)10-2)48(66)54-30(52(71)72)14-24-40(61)62/h15-22,25-30,41-44H,9-14,23-24H2,1-8H3,(H,53,65)(H,54,66)(H,55,63)(H,56,64)(H,57,67)(H,58,68)(H,59,60)(H,61,62)(H,69,70)(H,71,72)/t25?,26?,27-,28?,29+,30+,41?,42?,43?,44+/m1/s1. The number of carboxylic acid groups (broad SMARTS) is 4. The van der Waals surface area contributed by atoms with Crippen LogP contribution in [0.3, 0.4) is 0 Å². The molecule has 20 nitrogen and oxygen atoms in total. The SMILES string of the molecule is CCC(C)C(NC(=O)C(NC(=O)c1ccc(-c2ccc(-c3ccc(-c4ccc(C(=O)N[C@H](C(=O)NC(C(=O)N[C@@H](CCC(=O)O)C(=O)O)C(C)CC)C(C)CC)s4)s3)s2)s1)[C@H](C)CC)C(=O)N[C@@H](CCC(=O)O)C(=O)O. The molecule has 4 aromatic rings. The van der Waals surface area contributed by atoms with E-state index >= 15 is 0 Å². The molecule has 10 N–H and O–H groups in total. The van der Waals surface area contributed by atoms with Gasteiger partial charge in [-0.15, -0.1) is 45.3 Å². The second-order valence-electron chi connectivity index (χ2n) is 18.7. The molecule has 0 aliphatic heterocycles. The van der Waals surface area contributed by atoms with Gasteiger partial charge in [-0.2, -0.15) is 0 Å². The van der Waals surface area contributed by atoms with E-state index in [9.17, 15) is 58.2 Å². The van der Waals surface area contributed by atoms with Crippen LogP contribution in [0.4, 0.5) is 0 Å². The number of carbonyl (C=O) groups is 10. The predicted octanol–water partition coefficient (Wildman–Crippen LogP) is 7.15. The number of hydrogen-bond acceptors (Lipinski definition) is 14. The summed E-state index contributed by atoms with van der Waals surface area (Å²) < 4.78 is 0. The maximum absolute atomic E-state index is 13.8. The van der Waals surface area contributed by atoms with E-state index in [1.165, 1.54) is 45.3 Å². The largest absolute Gasteiger partial charge is 0.481 e. The lowest BCUT2D eigenvalue weighted by atomic mass is 9.94. The first-order valence-corrected chi connectivity index (χ1v) is 28.3. The minimum absolute atomic E-state index is 0.345. The van der Waals surface area contributed by atoms with Crippen LogP contribution in [-0.4, -0.2) is 116 Å². The van der Waals surface area contributed by atoms with Gasteiger partial charge in [0.25, 0.3) is 11.8 Å². The molecule has 0 aliphatic rings. The molecule has 4 heterocycles. The lowest BCUT2D eigenvalue weighted by molar-refractivity contribution is -0.144. The summed E-state index contributed by atoms with van der Waals surface area (Å²) in [5.41, 5.74) is 0. The number of aliphatic carboxylic acids is 4. The zero-order valence-electron chi connectivity index (χ0n) is 43.6. The fourth-order valence-electron chi connectivity index (χ4n) is 7.68. The number of thiophene rings is 4. The topological polar surface area (TPSA) is 324 Å². The van der Waals surface area contributed by atoms with Gasteiger partial charge in [-0.1, -0.05) is 81.1 Å². The summed E-state index contributed by atoms with van der Waals surface area (Å²) in [7, 11) is 0. The van der Waals surface area contributed by atoms with Gasteiger partial charge in [0.05, 0.1) is 9.75 Å². The van der Waals surface area contributed by atoms with Gasteiger partial charge in [0, 0.05) is 42.1 Å². The van der Waals surface area contributed by atoms with E-state index in [1.807, 2.05) is 50.2 Å². The van der Waals surface area contributed by atoms with E-state index in [-0.39, 0.29) is 24.7 Å². The van der Waals surface area contributed by atoms with Crippen molar-refractivity contribution in [3.8, 4) is 29.3 Å². The van der Waals surface area contributed by atoms with Gasteiger partial charge in [-0.3, -0.25) is 38.4 Å². The van der Waals surface area contributed by atoms with Gasteiger partial charge in [0.15, 0.2) is 0 Å². The third kappa shape index (κ3) is 17.3. The molecule has 0 fully saturated rings. The highest BCUT2D eigenvalue weighted by Gasteiger charge is 2.36. The molecule has 0 bridgehead atoms. The van der Waals surface area contributed by atoms with E-state index in [4.69, 9.17) is 10.2 Å². The van der Waals surface area contributed by atoms with Crippen molar-refractivity contribution in [1.29, 1.82) is 0 Å². The molecule has 0 radical (unpaired) electrons. The molecule has 24 heteroatoms. The Labute approximate surface area is 456 Å². The van der Waals surface area contributed by atoms with E-state index in [1.54, 1.807) is 53.7 Å². The van der Waals surface area contributed by atoms with E-state index < -0.39 is 120 Å². The third-order valence-electron chi connectivity index (χ3n) is 13.3. The quantitative estimate of drug-likeness (QED) is 0.0239. The molecule has 414 valence electrons. The lowest BCUT2D eigenvalue weighted by Crippen LogP contribution is -2.58. The Kier molecular flexibility index (Phi) is 23.8. The number of amides is 6. The Morgan fingerprint density at radius 2 is 0.632 bits per heavy atom.